The minimum atomic E-state index is -0.296. The summed E-state index contributed by atoms with van der Waals surface area (Å²) in [6, 6.07) is 33.4. The van der Waals surface area contributed by atoms with Crippen molar-refractivity contribution in [2.24, 2.45) is 11.8 Å². The summed E-state index contributed by atoms with van der Waals surface area (Å²) in [5, 5.41) is 6.62. The number of hydrogen-bond donors (Lipinski definition) is 1. The summed E-state index contributed by atoms with van der Waals surface area (Å²) in [6.45, 7) is 3.24. The largest absolute Gasteiger partial charge is 0.381 e. The molecule has 1 spiro atoms. The number of hydrogen-bond acceptors (Lipinski definition) is 3. The zero-order valence-electron chi connectivity index (χ0n) is 30.0. The molecule has 4 unspecified atom stereocenters. The minimum absolute atomic E-state index is 0.271. The molecule has 0 radical (unpaired) electrons. The molecule has 11 rings (SSSR count). The Hall–Kier alpha value is -4.64. The van der Waals surface area contributed by atoms with Gasteiger partial charge in [0, 0.05) is 55.0 Å². The van der Waals surface area contributed by atoms with E-state index >= 15 is 0 Å². The van der Waals surface area contributed by atoms with Crippen molar-refractivity contribution in [1.29, 1.82) is 0 Å². The van der Waals surface area contributed by atoms with E-state index in [2.05, 4.69) is 174 Å². The third-order valence-electron chi connectivity index (χ3n) is 12.4. The normalized spacial score (nSPS) is 26.9. The monoisotopic (exact) mass is 722 g/mol. The highest BCUT2D eigenvalue weighted by Crippen LogP contribution is 2.64. The standard InChI is InChI=1S/C49H42N2S2/c1-31-18-22-39-47(27-31)52-45-17-8-6-14-38(45)49(39)40-23-19-34(42-15-9-10-26-50-42)30-48(40)53-46-25-21-33(29-41(46)49)32-20-24-44-37(28-32)36-13-5-7-16-43(36)51(44)35-11-3-2-4-12-35/h3,5-11,13-25,28-31,35,40,48,50H,2,4,12,26-27H2,1H3/t31?,35?,40?,48-,49?/m1/s1. The number of aromatic nitrogens is 1. The van der Waals surface area contributed by atoms with E-state index in [1.54, 1.807) is 0 Å². The van der Waals surface area contributed by atoms with Crippen molar-refractivity contribution in [3.8, 4) is 11.1 Å². The molecule has 3 aliphatic heterocycles. The molecular weight excluding hydrogens is 681 g/mol. The number of thioether (sulfide) groups is 2. The number of rotatable bonds is 3. The van der Waals surface area contributed by atoms with Gasteiger partial charge >= 0.3 is 0 Å². The second-order valence-electron chi connectivity index (χ2n) is 15.5. The molecule has 5 atom stereocenters. The first-order chi connectivity index (χ1) is 26.2. The fraction of sp³-hybridized carbons (Fsp3) is 0.224. The zero-order valence-corrected chi connectivity index (χ0v) is 31.6. The molecule has 260 valence electrons. The van der Waals surface area contributed by atoms with Crippen molar-refractivity contribution in [2.45, 2.75) is 59.1 Å². The molecule has 53 heavy (non-hydrogen) atoms. The van der Waals surface area contributed by atoms with Crippen LogP contribution in [0.4, 0.5) is 0 Å². The van der Waals surface area contributed by atoms with Gasteiger partial charge in [0.25, 0.3) is 0 Å². The molecule has 0 saturated heterocycles. The lowest BCUT2D eigenvalue weighted by Crippen LogP contribution is -2.47. The summed E-state index contributed by atoms with van der Waals surface area (Å²) in [4.78, 5) is 4.34. The van der Waals surface area contributed by atoms with Crippen molar-refractivity contribution < 1.29 is 0 Å². The Kier molecular flexibility index (Phi) is 7.49. The van der Waals surface area contributed by atoms with Gasteiger partial charge in [-0.3, -0.25) is 0 Å². The summed E-state index contributed by atoms with van der Waals surface area (Å²) in [7, 11) is 0. The quantitative estimate of drug-likeness (QED) is 0.187. The van der Waals surface area contributed by atoms with E-state index in [9.17, 15) is 0 Å². The minimum Gasteiger partial charge on any atom is -0.381 e. The summed E-state index contributed by atoms with van der Waals surface area (Å²) in [5.41, 5.74) is 11.9. The number of dihydropyridines is 1. The molecule has 3 aliphatic carbocycles. The Morgan fingerprint density at radius 1 is 0.792 bits per heavy atom. The molecule has 4 heteroatoms. The van der Waals surface area contributed by atoms with E-state index in [-0.39, 0.29) is 11.3 Å². The number of nitrogens with zero attached hydrogens (tertiary/aromatic N) is 1. The van der Waals surface area contributed by atoms with Crippen LogP contribution in [-0.4, -0.2) is 16.4 Å². The van der Waals surface area contributed by atoms with Gasteiger partial charge in [-0.15, -0.1) is 11.8 Å². The van der Waals surface area contributed by atoms with E-state index in [4.69, 9.17) is 0 Å². The van der Waals surface area contributed by atoms with Gasteiger partial charge in [-0.2, -0.15) is 0 Å². The van der Waals surface area contributed by atoms with E-state index in [0.717, 1.165) is 13.0 Å². The molecule has 6 aliphatic rings. The molecule has 2 nitrogen and oxygen atoms in total. The Bertz CT molecular complexity index is 2570. The highest BCUT2D eigenvalue weighted by Gasteiger charge is 2.55. The number of para-hydroxylation sites is 1. The topological polar surface area (TPSA) is 17.0 Å². The Morgan fingerprint density at radius 3 is 2.57 bits per heavy atom. The number of fused-ring (bicyclic) bond motifs is 10. The van der Waals surface area contributed by atoms with Gasteiger partial charge < -0.3 is 9.88 Å². The van der Waals surface area contributed by atoms with Crippen LogP contribution in [0.1, 0.15) is 49.8 Å². The number of nitrogens with one attached hydrogen (secondary N) is 1. The van der Waals surface area contributed by atoms with Crippen molar-refractivity contribution >= 4 is 45.3 Å². The van der Waals surface area contributed by atoms with Gasteiger partial charge in [0.05, 0.1) is 11.5 Å². The molecule has 0 amide bonds. The maximum Gasteiger partial charge on any atom is 0.0557 e. The predicted octanol–water partition coefficient (Wildman–Crippen LogP) is 12.6. The molecule has 0 saturated carbocycles. The lowest BCUT2D eigenvalue weighted by atomic mass is 9.57. The van der Waals surface area contributed by atoms with Crippen molar-refractivity contribution in [1.82, 2.24) is 9.88 Å². The fourth-order valence-electron chi connectivity index (χ4n) is 10.1. The maximum absolute atomic E-state index is 3.63. The second kappa shape index (κ2) is 12.5. The fourth-order valence-corrected chi connectivity index (χ4v) is 12.9. The Balaban J connectivity index is 1.13. The van der Waals surface area contributed by atoms with Crippen molar-refractivity contribution in [2.75, 3.05) is 6.54 Å². The molecular formula is C49H42N2S2. The van der Waals surface area contributed by atoms with Crippen LogP contribution in [0.15, 0.2) is 177 Å². The van der Waals surface area contributed by atoms with Crippen LogP contribution >= 0.6 is 23.5 Å². The van der Waals surface area contributed by atoms with Crippen molar-refractivity contribution in [3.05, 3.63) is 179 Å². The number of allylic oxidation sites excluding steroid dienone is 10. The first-order valence-corrected chi connectivity index (χ1v) is 21.1. The highest BCUT2D eigenvalue weighted by atomic mass is 32.2. The molecule has 1 N–H and O–H groups in total. The second-order valence-corrected chi connectivity index (χ2v) is 17.9. The van der Waals surface area contributed by atoms with E-state index in [0.29, 0.717) is 17.2 Å². The number of benzene rings is 4. The van der Waals surface area contributed by atoms with Gasteiger partial charge in [0.2, 0.25) is 0 Å². The van der Waals surface area contributed by atoms with E-state index < -0.39 is 0 Å². The summed E-state index contributed by atoms with van der Waals surface area (Å²) in [6.07, 6.45) is 28.6. The van der Waals surface area contributed by atoms with Crippen LogP contribution in [-0.2, 0) is 5.41 Å². The lowest BCUT2D eigenvalue weighted by molar-refractivity contribution is 0.424. The molecule has 4 aromatic carbocycles. The third kappa shape index (κ3) is 4.88. The predicted molar refractivity (Wildman–Crippen MR) is 226 cm³/mol. The van der Waals surface area contributed by atoms with Crippen LogP contribution < -0.4 is 5.32 Å². The maximum atomic E-state index is 3.63. The molecule has 4 heterocycles. The summed E-state index contributed by atoms with van der Waals surface area (Å²) >= 11 is 4.07. The average Bonchev–Trinajstić information content (AvgIpc) is 3.54. The lowest BCUT2D eigenvalue weighted by Gasteiger charge is -2.53. The zero-order chi connectivity index (χ0) is 35.1. The van der Waals surface area contributed by atoms with Crippen LogP contribution in [0.25, 0.3) is 32.9 Å². The van der Waals surface area contributed by atoms with Gasteiger partial charge in [-0.1, -0.05) is 122 Å². The molecule has 0 bridgehead atoms. The smallest absolute Gasteiger partial charge is 0.0557 e. The average molecular weight is 723 g/mol. The van der Waals surface area contributed by atoms with Crippen LogP contribution in [0.5, 0.6) is 0 Å². The van der Waals surface area contributed by atoms with E-state index in [1.807, 2.05) is 11.8 Å². The SMILES string of the molecule is CC1C=CC2=C(C1)Sc1ccccc1C21c2cc(-c3ccc4c(c3)c3ccccc3n4C3C=CCCC3)ccc2S[C@@H]2C=C(C3=CC=CCN3)C=CC21. The van der Waals surface area contributed by atoms with Gasteiger partial charge in [-0.25, -0.2) is 0 Å². The Labute approximate surface area is 320 Å². The van der Waals surface area contributed by atoms with Crippen LogP contribution in [0, 0.1) is 11.8 Å². The summed E-state index contributed by atoms with van der Waals surface area (Å²) in [5.74, 6) is 0.805. The van der Waals surface area contributed by atoms with Crippen molar-refractivity contribution in [3.63, 3.8) is 0 Å². The van der Waals surface area contributed by atoms with Gasteiger partial charge in [0.1, 0.15) is 0 Å². The van der Waals surface area contributed by atoms with Gasteiger partial charge in [-0.05, 0) is 112 Å². The molecule has 1 aromatic heterocycles. The van der Waals surface area contributed by atoms with E-state index in [1.165, 1.54) is 94.9 Å². The molecule has 0 fully saturated rings. The van der Waals surface area contributed by atoms with Gasteiger partial charge in [0.15, 0.2) is 0 Å². The highest BCUT2D eigenvalue weighted by molar-refractivity contribution is 8.03. The first kappa shape index (κ1) is 31.8. The first-order valence-electron chi connectivity index (χ1n) is 19.4. The summed E-state index contributed by atoms with van der Waals surface area (Å²) < 4.78 is 2.59. The third-order valence-corrected chi connectivity index (χ3v) is 15.0. The van der Waals surface area contributed by atoms with Crippen LogP contribution in [0.3, 0.4) is 0 Å². The van der Waals surface area contributed by atoms with Crippen LogP contribution in [0.2, 0.25) is 0 Å². The molecule has 5 aromatic rings. The Morgan fingerprint density at radius 2 is 1.66 bits per heavy atom.